The molecule has 0 saturated carbocycles. The van der Waals surface area contributed by atoms with Crippen LogP contribution in [0.5, 0.6) is 0 Å². The van der Waals surface area contributed by atoms with E-state index in [1.807, 2.05) is 31.8 Å². The highest BCUT2D eigenvalue weighted by molar-refractivity contribution is 8.00. The molecule has 1 aromatic rings. The van der Waals surface area contributed by atoms with Crippen molar-refractivity contribution in [1.29, 1.82) is 0 Å². The van der Waals surface area contributed by atoms with Gasteiger partial charge in [-0.25, -0.2) is 0 Å². The van der Waals surface area contributed by atoms with Crippen molar-refractivity contribution in [1.82, 2.24) is 5.32 Å². The maximum Gasteiger partial charge on any atom is 0.114 e. The van der Waals surface area contributed by atoms with Crippen LogP contribution in [-0.4, -0.2) is 18.3 Å². The second kappa shape index (κ2) is 5.47. The molecule has 0 aromatic carbocycles. The zero-order valence-electron chi connectivity index (χ0n) is 9.33. The molecule has 2 atom stereocenters. The van der Waals surface area contributed by atoms with Gasteiger partial charge in [-0.1, -0.05) is 6.92 Å². The molecule has 0 radical (unpaired) electrons. The van der Waals surface area contributed by atoms with Gasteiger partial charge in [-0.15, -0.1) is 11.8 Å². The third-order valence-electron chi connectivity index (χ3n) is 2.32. The molecular weight excluding hydrogens is 194 g/mol. The Morgan fingerprint density at radius 3 is 2.71 bits per heavy atom. The summed E-state index contributed by atoms with van der Waals surface area (Å²) in [4.78, 5) is 1.26. The molecule has 2 unspecified atom stereocenters. The van der Waals surface area contributed by atoms with E-state index in [1.165, 1.54) is 11.3 Å². The van der Waals surface area contributed by atoms with Crippen molar-refractivity contribution in [3.8, 4) is 0 Å². The first-order valence-corrected chi connectivity index (χ1v) is 5.89. The fourth-order valence-corrected chi connectivity index (χ4v) is 2.54. The highest BCUT2D eigenvalue weighted by Gasteiger charge is 2.11. The summed E-state index contributed by atoms with van der Waals surface area (Å²) in [6, 6.07) is 2.62. The lowest BCUT2D eigenvalue weighted by Crippen LogP contribution is -2.24. The normalized spacial score (nSPS) is 15.4. The quantitative estimate of drug-likeness (QED) is 0.761. The first-order valence-electron chi connectivity index (χ1n) is 5.01. The number of furan rings is 1. The predicted octanol–water partition coefficient (Wildman–Crippen LogP) is 3.07. The van der Waals surface area contributed by atoms with E-state index in [0.717, 1.165) is 5.76 Å². The van der Waals surface area contributed by atoms with Gasteiger partial charge in [-0.3, -0.25) is 0 Å². The second-order valence-corrected chi connectivity index (χ2v) is 5.18. The third-order valence-corrected chi connectivity index (χ3v) is 3.59. The Kier molecular flexibility index (Phi) is 4.55. The standard InChI is InChI=1S/C11H19NOS/c1-8(12-4)7-9(2)14-11-5-6-13-10(11)3/h5-6,8-9,12H,7H2,1-4H3. The number of nitrogens with one attached hydrogen (secondary N) is 1. The fraction of sp³-hybridized carbons (Fsp3) is 0.636. The molecule has 3 heteroatoms. The largest absolute Gasteiger partial charge is 0.468 e. The Morgan fingerprint density at radius 1 is 1.50 bits per heavy atom. The van der Waals surface area contributed by atoms with E-state index in [9.17, 15) is 0 Å². The van der Waals surface area contributed by atoms with Gasteiger partial charge in [0.05, 0.1) is 6.26 Å². The lowest BCUT2D eigenvalue weighted by Gasteiger charge is -2.15. The summed E-state index contributed by atoms with van der Waals surface area (Å²) in [5.41, 5.74) is 0. The molecule has 14 heavy (non-hydrogen) atoms. The Hall–Kier alpha value is -0.410. The van der Waals surface area contributed by atoms with Crippen molar-refractivity contribution in [2.24, 2.45) is 0 Å². The Balaban J connectivity index is 2.41. The van der Waals surface area contributed by atoms with Crippen LogP contribution in [0.3, 0.4) is 0 Å². The highest BCUT2D eigenvalue weighted by Crippen LogP contribution is 2.29. The number of thioether (sulfide) groups is 1. The zero-order valence-corrected chi connectivity index (χ0v) is 10.1. The molecule has 0 spiro atoms. The summed E-state index contributed by atoms with van der Waals surface area (Å²) in [5.74, 6) is 1.03. The van der Waals surface area contributed by atoms with Crippen LogP contribution in [0.2, 0.25) is 0 Å². The van der Waals surface area contributed by atoms with Crippen LogP contribution in [-0.2, 0) is 0 Å². The Bertz CT molecular complexity index is 272. The maximum absolute atomic E-state index is 5.26. The topological polar surface area (TPSA) is 25.2 Å². The van der Waals surface area contributed by atoms with Crippen LogP contribution >= 0.6 is 11.8 Å². The SMILES string of the molecule is CNC(C)CC(C)Sc1ccoc1C. The van der Waals surface area contributed by atoms with Gasteiger partial charge in [-0.2, -0.15) is 0 Å². The second-order valence-electron chi connectivity index (χ2n) is 3.69. The van der Waals surface area contributed by atoms with E-state index in [4.69, 9.17) is 4.42 Å². The van der Waals surface area contributed by atoms with Crippen LogP contribution in [0.15, 0.2) is 21.6 Å². The van der Waals surface area contributed by atoms with Crippen LogP contribution in [0, 0.1) is 6.92 Å². The molecule has 0 saturated heterocycles. The monoisotopic (exact) mass is 213 g/mol. The number of hydrogen-bond acceptors (Lipinski definition) is 3. The van der Waals surface area contributed by atoms with Gasteiger partial charge in [0, 0.05) is 16.2 Å². The molecule has 1 N–H and O–H groups in total. The zero-order chi connectivity index (χ0) is 10.6. The average molecular weight is 213 g/mol. The van der Waals surface area contributed by atoms with Gasteiger partial charge in [0.15, 0.2) is 0 Å². The maximum atomic E-state index is 5.26. The summed E-state index contributed by atoms with van der Waals surface area (Å²) in [6.07, 6.45) is 2.93. The molecule has 80 valence electrons. The highest BCUT2D eigenvalue weighted by atomic mass is 32.2. The number of hydrogen-bond donors (Lipinski definition) is 1. The lowest BCUT2D eigenvalue weighted by molar-refractivity contribution is 0.526. The first-order chi connectivity index (χ1) is 6.63. The van der Waals surface area contributed by atoms with E-state index in [0.29, 0.717) is 11.3 Å². The molecule has 1 aromatic heterocycles. The van der Waals surface area contributed by atoms with Crippen LogP contribution < -0.4 is 5.32 Å². The number of rotatable bonds is 5. The predicted molar refractivity (Wildman–Crippen MR) is 61.9 cm³/mol. The third kappa shape index (κ3) is 3.39. The van der Waals surface area contributed by atoms with Gasteiger partial charge in [0.2, 0.25) is 0 Å². The van der Waals surface area contributed by atoms with Gasteiger partial charge in [0.25, 0.3) is 0 Å². The minimum absolute atomic E-state index is 0.574. The molecule has 1 heterocycles. The van der Waals surface area contributed by atoms with E-state index < -0.39 is 0 Å². The molecule has 0 amide bonds. The Morgan fingerprint density at radius 2 is 2.21 bits per heavy atom. The summed E-state index contributed by atoms with van der Waals surface area (Å²) in [5, 5.41) is 3.87. The molecule has 0 aliphatic heterocycles. The van der Waals surface area contributed by atoms with Gasteiger partial charge >= 0.3 is 0 Å². The molecule has 0 aliphatic carbocycles. The van der Waals surface area contributed by atoms with E-state index in [2.05, 4.69) is 19.2 Å². The Labute approximate surface area is 90.5 Å². The summed E-state index contributed by atoms with van der Waals surface area (Å²) < 4.78 is 5.26. The van der Waals surface area contributed by atoms with Crippen molar-refractivity contribution in [3.05, 3.63) is 18.1 Å². The van der Waals surface area contributed by atoms with Crippen molar-refractivity contribution < 1.29 is 4.42 Å². The van der Waals surface area contributed by atoms with Crippen molar-refractivity contribution in [2.45, 2.75) is 43.4 Å². The molecule has 1 rings (SSSR count). The van der Waals surface area contributed by atoms with Gasteiger partial charge < -0.3 is 9.73 Å². The fourth-order valence-electron chi connectivity index (χ4n) is 1.38. The minimum Gasteiger partial charge on any atom is -0.468 e. The van der Waals surface area contributed by atoms with Crippen LogP contribution in [0.1, 0.15) is 26.0 Å². The molecule has 0 fully saturated rings. The van der Waals surface area contributed by atoms with E-state index in [1.54, 1.807) is 6.26 Å². The minimum atomic E-state index is 0.574. The molecular formula is C11H19NOS. The van der Waals surface area contributed by atoms with E-state index >= 15 is 0 Å². The summed E-state index contributed by atoms with van der Waals surface area (Å²) in [7, 11) is 2.01. The number of aryl methyl sites for hydroxylation is 1. The smallest absolute Gasteiger partial charge is 0.114 e. The molecule has 2 nitrogen and oxygen atoms in total. The first kappa shape index (κ1) is 11.7. The van der Waals surface area contributed by atoms with Crippen molar-refractivity contribution in [3.63, 3.8) is 0 Å². The lowest BCUT2D eigenvalue weighted by atomic mass is 10.2. The van der Waals surface area contributed by atoms with E-state index in [-0.39, 0.29) is 0 Å². The molecule has 0 aliphatic rings. The molecule has 0 bridgehead atoms. The van der Waals surface area contributed by atoms with Gasteiger partial charge in [-0.05, 0) is 33.4 Å². The average Bonchev–Trinajstić information content (AvgIpc) is 2.51. The van der Waals surface area contributed by atoms with Crippen molar-refractivity contribution >= 4 is 11.8 Å². The summed E-state index contributed by atoms with van der Waals surface area (Å²) >= 11 is 1.89. The van der Waals surface area contributed by atoms with Crippen LogP contribution in [0.25, 0.3) is 0 Å². The summed E-state index contributed by atoms with van der Waals surface area (Å²) in [6.45, 7) is 6.47. The van der Waals surface area contributed by atoms with Gasteiger partial charge in [0.1, 0.15) is 5.76 Å². The van der Waals surface area contributed by atoms with Crippen molar-refractivity contribution in [2.75, 3.05) is 7.05 Å². The van der Waals surface area contributed by atoms with Crippen LogP contribution in [0.4, 0.5) is 0 Å².